The topological polar surface area (TPSA) is 17.1 Å². The molecule has 0 rings (SSSR count). The molecule has 3 heteroatoms. The van der Waals surface area contributed by atoms with Crippen molar-refractivity contribution in [1.29, 1.82) is 0 Å². The van der Waals surface area contributed by atoms with Gasteiger partial charge in [-0.05, 0) is 30.0 Å². The first-order valence-corrected chi connectivity index (χ1v) is 12.5. The van der Waals surface area contributed by atoms with Crippen LogP contribution >= 0.6 is 0 Å². The molecule has 0 N–H and O–H groups in total. The Bertz CT molecular complexity index is 370. The molecule has 0 saturated heterocycles. The highest BCUT2D eigenvalue weighted by Gasteiger charge is 2.24. The van der Waals surface area contributed by atoms with E-state index in [-0.39, 0.29) is 5.78 Å². The van der Waals surface area contributed by atoms with Crippen molar-refractivity contribution in [3.05, 3.63) is 0 Å². The molecule has 1 nitrogen and oxygen atoms in total. The lowest BCUT2D eigenvalue weighted by atomic mass is 10.4. The molecule has 17 heavy (non-hydrogen) atoms. The van der Waals surface area contributed by atoms with Crippen molar-refractivity contribution in [3.63, 3.8) is 0 Å². The van der Waals surface area contributed by atoms with Gasteiger partial charge in [-0.3, -0.25) is 4.79 Å². The molecule has 0 unspecified atom stereocenters. The Morgan fingerprint density at radius 1 is 0.882 bits per heavy atom. The van der Waals surface area contributed by atoms with Crippen LogP contribution in [0.4, 0.5) is 0 Å². The molecule has 0 atom stereocenters. The van der Waals surface area contributed by atoms with Crippen molar-refractivity contribution in [2.45, 2.75) is 58.5 Å². The van der Waals surface area contributed by atoms with Crippen LogP contribution in [0, 0.1) is 22.9 Å². The Hall–Kier alpha value is -0.776. The summed E-state index contributed by atoms with van der Waals surface area (Å²) in [7, 11) is -2.95. The monoisotopic (exact) mass is 264 g/mol. The molecule has 0 aliphatic heterocycles. The van der Waals surface area contributed by atoms with Crippen LogP contribution in [0.1, 0.15) is 20.8 Å². The van der Waals surface area contributed by atoms with Crippen molar-refractivity contribution in [2.75, 3.05) is 0 Å². The first-order valence-electron chi connectivity index (χ1n) is 6.39. The van der Waals surface area contributed by atoms with Gasteiger partial charge in [-0.2, -0.15) is 0 Å². The largest absolute Gasteiger partial charge is 0.277 e. The third kappa shape index (κ3) is 6.51. The van der Waals surface area contributed by atoms with Crippen molar-refractivity contribution >= 4 is 21.9 Å². The highest BCUT2D eigenvalue weighted by Crippen LogP contribution is 2.18. The zero-order chi connectivity index (χ0) is 13.5. The molecule has 0 aliphatic rings. The molecule has 0 radical (unpaired) electrons. The van der Waals surface area contributed by atoms with Gasteiger partial charge in [0.05, 0.1) is 0 Å². The fraction of sp³-hybridized carbons (Fsp3) is 0.643. The lowest BCUT2D eigenvalue weighted by Gasteiger charge is -2.19. The maximum absolute atomic E-state index is 11.6. The van der Waals surface area contributed by atoms with E-state index in [0.29, 0.717) is 0 Å². The van der Waals surface area contributed by atoms with Crippen molar-refractivity contribution in [2.24, 2.45) is 0 Å². The van der Waals surface area contributed by atoms with Crippen molar-refractivity contribution < 1.29 is 4.79 Å². The second-order valence-electron chi connectivity index (χ2n) is 5.42. The molecule has 0 heterocycles. The fourth-order valence-electron chi connectivity index (χ4n) is 1.48. The molecule has 0 bridgehead atoms. The molecular formula is C14H24OSi2. The molecule has 0 saturated carbocycles. The van der Waals surface area contributed by atoms with Crippen LogP contribution in [0.15, 0.2) is 0 Å². The predicted molar refractivity (Wildman–Crippen MR) is 81.1 cm³/mol. The van der Waals surface area contributed by atoms with E-state index in [1.165, 1.54) is 0 Å². The summed E-state index contributed by atoms with van der Waals surface area (Å²) in [5.41, 5.74) is 6.33. The van der Waals surface area contributed by atoms with E-state index in [0.717, 1.165) is 18.1 Å². The van der Waals surface area contributed by atoms with Gasteiger partial charge in [-0.15, -0.1) is 11.1 Å². The van der Waals surface area contributed by atoms with Crippen LogP contribution in [0.25, 0.3) is 0 Å². The summed E-state index contributed by atoms with van der Waals surface area (Å²) in [6.07, 6.45) is 0. The minimum atomic E-state index is -1.49. The van der Waals surface area contributed by atoms with Crippen LogP contribution in [-0.4, -0.2) is 21.9 Å². The molecule has 94 valence electrons. The van der Waals surface area contributed by atoms with E-state index in [1.54, 1.807) is 0 Å². The number of carbonyl (C=O) groups is 1. The summed E-state index contributed by atoms with van der Waals surface area (Å²) in [5.74, 6) is 5.26. The predicted octanol–water partition coefficient (Wildman–Crippen LogP) is 3.49. The summed E-state index contributed by atoms with van der Waals surface area (Å²) in [6.45, 7) is 12.9. The van der Waals surface area contributed by atoms with Crippen molar-refractivity contribution in [3.8, 4) is 22.9 Å². The second-order valence-corrected chi connectivity index (χ2v) is 15.1. The normalized spacial score (nSPS) is 10.9. The van der Waals surface area contributed by atoms with Gasteiger partial charge in [-0.1, -0.05) is 40.4 Å². The summed E-state index contributed by atoms with van der Waals surface area (Å²) in [4.78, 5) is 11.6. The highest BCUT2D eigenvalue weighted by molar-refractivity contribution is 6.87. The number of ketones is 1. The molecule has 0 fully saturated rings. The van der Waals surface area contributed by atoms with E-state index >= 15 is 0 Å². The summed E-state index contributed by atoms with van der Waals surface area (Å²) in [6, 6.07) is 3.38. The number of hydrogen-bond donors (Lipinski definition) is 0. The molecule has 0 amide bonds. The first kappa shape index (κ1) is 16.2. The molecule has 0 aromatic rings. The molecular weight excluding hydrogens is 240 g/mol. The number of rotatable bonds is 3. The van der Waals surface area contributed by atoms with Gasteiger partial charge in [0, 0.05) is 0 Å². The maximum Gasteiger partial charge on any atom is 0.277 e. The Balaban J connectivity index is 4.84. The number of hydrogen-bond acceptors (Lipinski definition) is 1. The number of carbonyl (C=O) groups excluding carboxylic acids is 1. The molecule has 0 aromatic carbocycles. The van der Waals surface area contributed by atoms with Gasteiger partial charge in [0.15, 0.2) is 0 Å². The van der Waals surface area contributed by atoms with E-state index in [2.05, 4.69) is 63.3 Å². The lowest BCUT2D eigenvalue weighted by molar-refractivity contribution is -0.108. The minimum Gasteiger partial charge on any atom is -0.270 e. The van der Waals surface area contributed by atoms with Gasteiger partial charge in [0.25, 0.3) is 5.78 Å². The smallest absolute Gasteiger partial charge is 0.270 e. The van der Waals surface area contributed by atoms with Crippen LogP contribution in [0.2, 0.25) is 37.8 Å². The van der Waals surface area contributed by atoms with Crippen LogP contribution in [0.3, 0.4) is 0 Å². The van der Waals surface area contributed by atoms with Gasteiger partial charge >= 0.3 is 0 Å². The molecule has 0 aromatic heterocycles. The fourth-order valence-corrected chi connectivity index (χ4v) is 4.38. The lowest BCUT2D eigenvalue weighted by Crippen LogP contribution is -2.29. The Kier molecular flexibility index (Phi) is 6.53. The highest BCUT2D eigenvalue weighted by atomic mass is 28.3. The Labute approximate surface area is 108 Å². The third-order valence-electron chi connectivity index (χ3n) is 3.02. The average Bonchev–Trinajstić information content (AvgIpc) is 2.28. The Morgan fingerprint density at radius 3 is 1.65 bits per heavy atom. The van der Waals surface area contributed by atoms with Gasteiger partial charge < -0.3 is 0 Å². The first-order chi connectivity index (χ1) is 7.78. The summed E-state index contributed by atoms with van der Waals surface area (Å²) >= 11 is 0. The third-order valence-corrected chi connectivity index (χ3v) is 8.61. The average molecular weight is 265 g/mol. The minimum absolute atomic E-state index is 0.195. The summed E-state index contributed by atoms with van der Waals surface area (Å²) in [5, 5.41) is 0. The van der Waals surface area contributed by atoms with Crippen LogP contribution in [-0.2, 0) is 4.79 Å². The molecule has 0 aliphatic carbocycles. The van der Waals surface area contributed by atoms with Crippen molar-refractivity contribution in [1.82, 2.24) is 0 Å². The second kappa shape index (κ2) is 6.84. The quantitative estimate of drug-likeness (QED) is 0.563. The Morgan fingerprint density at radius 2 is 1.29 bits per heavy atom. The van der Waals surface area contributed by atoms with E-state index < -0.39 is 16.1 Å². The van der Waals surface area contributed by atoms with Gasteiger partial charge in [0.1, 0.15) is 16.1 Å². The van der Waals surface area contributed by atoms with Crippen LogP contribution in [0.5, 0.6) is 0 Å². The standard InChI is InChI=1S/C14H24OSi2/c1-7-17(8-2,9-3)13-11-14(15)10-12-16(4,5)6/h7-9H2,1-6H3. The number of Topliss-reactive ketones (excluding diaryl/α,β-unsaturated/α-hetero) is 1. The van der Waals surface area contributed by atoms with E-state index in [1.807, 2.05) is 0 Å². The van der Waals surface area contributed by atoms with Gasteiger partial charge in [-0.25, -0.2) is 0 Å². The van der Waals surface area contributed by atoms with E-state index in [9.17, 15) is 4.79 Å². The molecule has 0 spiro atoms. The zero-order valence-corrected chi connectivity index (χ0v) is 14.0. The van der Waals surface area contributed by atoms with E-state index in [4.69, 9.17) is 0 Å². The van der Waals surface area contributed by atoms with Crippen LogP contribution < -0.4 is 0 Å². The summed E-state index contributed by atoms with van der Waals surface area (Å²) < 4.78 is 0. The maximum atomic E-state index is 11.6. The SMILES string of the molecule is CC[Si](C#CC(=O)C#C[Si](C)(C)C)(CC)CC. The zero-order valence-electron chi connectivity index (χ0n) is 12.0. The van der Waals surface area contributed by atoms with Gasteiger partial charge in [0.2, 0.25) is 0 Å².